The van der Waals surface area contributed by atoms with Crippen LogP contribution in [0.4, 0.5) is 0 Å². The van der Waals surface area contributed by atoms with Crippen LogP contribution in [-0.2, 0) is 10.0 Å². The molecule has 0 aliphatic carbocycles. The molecule has 0 aromatic rings. The molecule has 0 aromatic carbocycles. The SMILES string of the molecule is CC(C)(O)CN1CCN(S(=O)(=O)C2CCNCC2)CC1. The van der Waals surface area contributed by atoms with Gasteiger partial charge in [-0.2, -0.15) is 4.31 Å². The molecule has 118 valence electrons. The van der Waals surface area contributed by atoms with Gasteiger partial charge in [0.25, 0.3) is 0 Å². The van der Waals surface area contributed by atoms with Crippen LogP contribution in [0.3, 0.4) is 0 Å². The first kappa shape index (κ1) is 16.2. The monoisotopic (exact) mass is 305 g/mol. The van der Waals surface area contributed by atoms with Crippen LogP contribution in [0.1, 0.15) is 26.7 Å². The van der Waals surface area contributed by atoms with Crippen molar-refractivity contribution in [2.24, 2.45) is 0 Å². The van der Waals surface area contributed by atoms with Crippen LogP contribution in [0, 0.1) is 0 Å². The molecule has 7 heteroatoms. The number of hydrogen-bond acceptors (Lipinski definition) is 5. The van der Waals surface area contributed by atoms with E-state index in [0.717, 1.165) is 13.1 Å². The molecule has 2 aliphatic heterocycles. The number of nitrogens with one attached hydrogen (secondary N) is 1. The maximum Gasteiger partial charge on any atom is 0.217 e. The second kappa shape index (κ2) is 6.27. The Hall–Kier alpha value is -0.210. The van der Waals surface area contributed by atoms with Gasteiger partial charge in [-0.15, -0.1) is 0 Å². The topological polar surface area (TPSA) is 72.9 Å². The van der Waals surface area contributed by atoms with Gasteiger partial charge in [0.2, 0.25) is 10.0 Å². The quantitative estimate of drug-likeness (QED) is 0.730. The van der Waals surface area contributed by atoms with Crippen molar-refractivity contribution in [3.05, 3.63) is 0 Å². The smallest absolute Gasteiger partial charge is 0.217 e. The van der Waals surface area contributed by atoms with Gasteiger partial charge in [-0.3, -0.25) is 4.90 Å². The van der Waals surface area contributed by atoms with E-state index in [2.05, 4.69) is 10.2 Å². The third-order valence-corrected chi connectivity index (χ3v) is 6.41. The molecule has 0 bridgehead atoms. The average Bonchev–Trinajstić information content (AvgIpc) is 2.38. The lowest BCUT2D eigenvalue weighted by molar-refractivity contribution is 0.0262. The minimum Gasteiger partial charge on any atom is -0.389 e. The lowest BCUT2D eigenvalue weighted by Crippen LogP contribution is -2.54. The standard InChI is InChI=1S/C13H27N3O3S/c1-13(2,17)11-15-7-9-16(10-8-15)20(18,19)12-3-5-14-6-4-12/h12,14,17H,3-11H2,1-2H3. The first-order valence-corrected chi connectivity index (χ1v) is 8.94. The molecule has 2 saturated heterocycles. The van der Waals surface area contributed by atoms with Crippen molar-refractivity contribution in [3.8, 4) is 0 Å². The Kier molecular flexibility index (Phi) is 5.07. The second-order valence-electron chi connectivity index (χ2n) is 6.48. The zero-order valence-electron chi connectivity index (χ0n) is 12.5. The Bertz CT molecular complexity index is 405. The van der Waals surface area contributed by atoms with E-state index >= 15 is 0 Å². The fraction of sp³-hybridized carbons (Fsp3) is 1.00. The number of hydrogen-bond donors (Lipinski definition) is 2. The summed E-state index contributed by atoms with van der Waals surface area (Å²) in [6.45, 7) is 8.24. The van der Waals surface area contributed by atoms with E-state index in [0.29, 0.717) is 45.6 Å². The summed E-state index contributed by atoms with van der Waals surface area (Å²) in [5, 5.41) is 12.8. The van der Waals surface area contributed by atoms with Gasteiger partial charge in [-0.25, -0.2) is 8.42 Å². The molecule has 0 radical (unpaired) electrons. The molecule has 0 spiro atoms. The van der Waals surface area contributed by atoms with Crippen LogP contribution < -0.4 is 5.32 Å². The first-order chi connectivity index (χ1) is 9.29. The van der Waals surface area contributed by atoms with Gasteiger partial charge in [-0.05, 0) is 39.8 Å². The first-order valence-electron chi connectivity index (χ1n) is 7.43. The predicted molar refractivity (Wildman–Crippen MR) is 79.1 cm³/mol. The Morgan fingerprint density at radius 3 is 2.20 bits per heavy atom. The largest absolute Gasteiger partial charge is 0.389 e. The van der Waals surface area contributed by atoms with Gasteiger partial charge >= 0.3 is 0 Å². The van der Waals surface area contributed by atoms with Crippen molar-refractivity contribution in [3.63, 3.8) is 0 Å². The maximum atomic E-state index is 12.6. The molecule has 2 aliphatic rings. The van der Waals surface area contributed by atoms with E-state index in [4.69, 9.17) is 0 Å². The van der Waals surface area contributed by atoms with E-state index in [-0.39, 0.29) is 5.25 Å². The van der Waals surface area contributed by atoms with Crippen LogP contribution in [0.2, 0.25) is 0 Å². The second-order valence-corrected chi connectivity index (χ2v) is 8.69. The Morgan fingerprint density at radius 1 is 1.15 bits per heavy atom. The minimum absolute atomic E-state index is 0.218. The average molecular weight is 305 g/mol. The maximum absolute atomic E-state index is 12.6. The third-order valence-electron chi connectivity index (χ3n) is 4.01. The predicted octanol–water partition coefficient (Wildman–Crippen LogP) is -0.543. The van der Waals surface area contributed by atoms with Crippen LogP contribution >= 0.6 is 0 Å². The highest BCUT2D eigenvalue weighted by Gasteiger charge is 2.35. The molecule has 0 aromatic heterocycles. The number of nitrogens with zero attached hydrogens (tertiary/aromatic N) is 2. The molecular formula is C13H27N3O3S. The van der Waals surface area contributed by atoms with Crippen molar-refractivity contribution >= 4 is 10.0 Å². The van der Waals surface area contributed by atoms with E-state index in [1.54, 1.807) is 18.2 Å². The lowest BCUT2D eigenvalue weighted by Gasteiger charge is -2.38. The molecule has 2 heterocycles. The van der Waals surface area contributed by atoms with Crippen molar-refractivity contribution in [2.75, 3.05) is 45.8 Å². The summed E-state index contributed by atoms with van der Waals surface area (Å²) in [5.41, 5.74) is -0.726. The van der Waals surface area contributed by atoms with Gasteiger partial charge in [-0.1, -0.05) is 0 Å². The highest BCUT2D eigenvalue weighted by atomic mass is 32.2. The van der Waals surface area contributed by atoms with Gasteiger partial charge in [0.15, 0.2) is 0 Å². The van der Waals surface area contributed by atoms with Crippen molar-refractivity contribution in [1.29, 1.82) is 0 Å². The number of piperazine rings is 1. The summed E-state index contributed by atoms with van der Waals surface area (Å²) in [6.07, 6.45) is 1.43. The third kappa shape index (κ3) is 4.14. The van der Waals surface area contributed by atoms with E-state index < -0.39 is 15.6 Å². The fourth-order valence-electron chi connectivity index (χ4n) is 2.99. The van der Waals surface area contributed by atoms with Gasteiger partial charge in [0.05, 0.1) is 10.9 Å². The molecule has 0 atom stereocenters. The van der Waals surface area contributed by atoms with Gasteiger partial charge < -0.3 is 10.4 Å². The molecule has 6 nitrogen and oxygen atoms in total. The molecule has 2 rings (SSSR count). The highest BCUT2D eigenvalue weighted by molar-refractivity contribution is 7.89. The summed E-state index contributed by atoms with van der Waals surface area (Å²) in [4.78, 5) is 2.13. The minimum atomic E-state index is -3.15. The van der Waals surface area contributed by atoms with Crippen LogP contribution in [0.25, 0.3) is 0 Å². The number of β-amino-alcohol motifs (C(OH)–C–C–N with tert-alkyl or cyclic N) is 1. The summed E-state index contributed by atoms with van der Waals surface area (Å²) in [6, 6.07) is 0. The summed E-state index contributed by atoms with van der Waals surface area (Å²) in [7, 11) is -3.15. The fourth-order valence-corrected chi connectivity index (χ4v) is 4.92. The number of sulfonamides is 1. The van der Waals surface area contributed by atoms with E-state index in [1.165, 1.54) is 0 Å². The zero-order chi connectivity index (χ0) is 14.8. The number of aliphatic hydroxyl groups is 1. The Balaban J connectivity index is 1.89. The van der Waals surface area contributed by atoms with Gasteiger partial charge in [0.1, 0.15) is 0 Å². The van der Waals surface area contributed by atoms with E-state index in [9.17, 15) is 13.5 Å². The van der Waals surface area contributed by atoms with Crippen LogP contribution in [-0.4, -0.2) is 79.4 Å². The van der Waals surface area contributed by atoms with Crippen molar-refractivity contribution in [1.82, 2.24) is 14.5 Å². The molecule has 2 fully saturated rings. The lowest BCUT2D eigenvalue weighted by atomic mass is 10.1. The van der Waals surface area contributed by atoms with E-state index in [1.807, 2.05) is 0 Å². The highest BCUT2D eigenvalue weighted by Crippen LogP contribution is 2.20. The summed E-state index contributed by atoms with van der Waals surface area (Å²) >= 11 is 0. The normalized spacial score (nSPS) is 24.9. The molecular weight excluding hydrogens is 278 g/mol. The Labute approximate surface area is 122 Å². The number of rotatable bonds is 4. The molecule has 20 heavy (non-hydrogen) atoms. The zero-order valence-corrected chi connectivity index (χ0v) is 13.3. The molecule has 0 amide bonds. The van der Waals surface area contributed by atoms with Crippen LogP contribution in [0.5, 0.6) is 0 Å². The molecule has 2 N–H and O–H groups in total. The molecule has 0 saturated carbocycles. The van der Waals surface area contributed by atoms with Crippen molar-refractivity contribution < 1.29 is 13.5 Å². The summed E-state index contributed by atoms with van der Waals surface area (Å²) in [5.74, 6) is 0. The number of piperidine rings is 1. The van der Waals surface area contributed by atoms with Crippen LogP contribution in [0.15, 0.2) is 0 Å². The van der Waals surface area contributed by atoms with Gasteiger partial charge in [0, 0.05) is 32.7 Å². The Morgan fingerprint density at radius 2 is 1.70 bits per heavy atom. The van der Waals surface area contributed by atoms with Crippen molar-refractivity contribution in [2.45, 2.75) is 37.5 Å². The summed E-state index contributed by atoms with van der Waals surface area (Å²) < 4.78 is 26.8. The molecule has 0 unspecified atom stereocenters.